The minimum absolute atomic E-state index is 0.0943. The first-order valence-corrected chi connectivity index (χ1v) is 7.92. The highest BCUT2D eigenvalue weighted by Gasteiger charge is 2.28. The highest BCUT2D eigenvalue weighted by Crippen LogP contribution is 2.22. The molecule has 1 aliphatic rings. The monoisotopic (exact) mass is 350 g/mol. The number of carboxylic acid groups (broad SMARTS) is 1. The van der Waals surface area contributed by atoms with Gasteiger partial charge in [-0.15, -0.1) is 0 Å². The molecule has 134 valence electrons. The molecule has 2 heterocycles. The number of amides is 1. The molecule has 1 saturated heterocycles. The number of ether oxygens (including phenoxy) is 1. The van der Waals surface area contributed by atoms with Gasteiger partial charge in [-0.25, -0.2) is 4.39 Å². The third kappa shape index (κ3) is 4.15. The second-order valence-corrected chi connectivity index (χ2v) is 6.13. The van der Waals surface area contributed by atoms with E-state index in [1.54, 1.807) is 16.8 Å². The maximum Gasteiger partial charge on any atom is 0.317 e. The lowest BCUT2D eigenvalue weighted by Crippen LogP contribution is -2.49. The van der Waals surface area contributed by atoms with Crippen molar-refractivity contribution in [3.05, 3.63) is 35.8 Å². The van der Waals surface area contributed by atoms with Gasteiger partial charge in [0.15, 0.2) is 5.76 Å². The Morgan fingerprint density at radius 3 is 2.96 bits per heavy atom. The molecular formula is C17H19FN2O5. The standard InChI is InChI=1S/C17H19FN2O5/c1-19(10-16(21)22)8-13-9-20(4-5-24-13)17(23)15-7-11-6-12(18)2-3-14(11)25-15/h2-3,6-7,13H,4-5,8-10H2,1H3,(H,21,22). The van der Waals surface area contributed by atoms with Gasteiger partial charge in [0, 0.05) is 25.0 Å². The molecule has 0 saturated carbocycles. The molecule has 0 aliphatic carbocycles. The molecule has 1 fully saturated rings. The summed E-state index contributed by atoms with van der Waals surface area (Å²) in [6.45, 7) is 1.44. The highest BCUT2D eigenvalue weighted by atomic mass is 19.1. The van der Waals surface area contributed by atoms with Crippen molar-refractivity contribution in [3.8, 4) is 0 Å². The fraction of sp³-hybridized carbons (Fsp3) is 0.412. The number of hydrogen-bond donors (Lipinski definition) is 1. The van der Waals surface area contributed by atoms with Crippen molar-refractivity contribution in [1.82, 2.24) is 9.80 Å². The largest absolute Gasteiger partial charge is 0.480 e. The average molecular weight is 350 g/mol. The zero-order valence-electron chi connectivity index (χ0n) is 13.8. The molecule has 0 spiro atoms. The van der Waals surface area contributed by atoms with E-state index in [-0.39, 0.29) is 30.1 Å². The van der Waals surface area contributed by atoms with Gasteiger partial charge in [0.1, 0.15) is 11.4 Å². The number of furan rings is 1. The number of fused-ring (bicyclic) bond motifs is 1. The minimum Gasteiger partial charge on any atom is -0.480 e. The first kappa shape index (κ1) is 17.4. The Labute approximate surface area is 143 Å². The van der Waals surface area contributed by atoms with Gasteiger partial charge >= 0.3 is 5.97 Å². The summed E-state index contributed by atoms with van der Waals surface area (Å²) in [5.74, 6) is -1.44. The minimum atomic E-state index is -0.916. The predicted octanol–water partition coefficient (Wildman–Crippen LogP) is 1.43. The summed E-state index contributed by atoms with van der Waals surface area (Å²) in [6.07, 6.45) is -0.274. The van der Waals surface area contributed by atoms with Crippen molar-refractivity contribution in [2.45, 2.75) is 6.10 Å². The van der Waals surface area contributed by atoms with Crippen LogP contribution in [0, 0.1) is 5.82 Å². The third-order valence-electron chi connectivity index (χ3n) is 4.04. The number of hydrogen-bond acceptors (Lipinski definition) is 5. The Morgan fingerprint density at radius 2 is 2.20 bits per heavy atom. The average Bonchev–Trinajstić information content (AvgIpc) is 2.96. The predicted molar refractivity (Wildman–Crippen MR) is 86.9 cm³/mol. The van der Waals surface area contributed by atoms with Gasteiger partial charge in [0.25, 0.3) is 5.91 Å². The molecule has 1 amide bonds. The quantitative estimate of drug-likeness (QED) is 0.878. The molecule has 1 unspecified atom stereocenters. The van der Waals surface area contributed by atoms with Crippen LogP contribution < -0.4 is 0 Å². The van der Waals surface area contributed by atoms with E-state index in [1.165, 1.54) is 24.3 Å². The molecule has 1 atom stereocenters. The van der Waals surface area contributed by atoms with Crippen molar-refractivity contribution in [3.63, 3.8) is 0 Å². The van der Waals surface area contributed by atoms with Gasteiger partial charge in [0.2, 0.25) is 0 Å². The van der Waals surface area contributed by atoms with Gasteiger partial charge in [-0.2, -0.15) is 0 Å². The van der Waals surface area contributed by atoms with Crippen molar-refractivity contribution >= 4 is 22.8 Å². The van der Waals surface area contributed by atoms with Crippen LogP contribution in [0.15, 0.2) is 28.7 Å². The number of carbonyl (C=O) groups excluding carboxylic acids is 1. The van der Waals surface area contributed by atoms with Crippen LogP contribution in [-0.4, -0.2) is 72.7 Å². The molecule has 25 heavy (non-hydrogen) atoms. The molecule has 0 radical (unpaired) electrons. The third-order valence-corrected chi connectivity index (χ3v) is 4.04. The molecule has 7 nitrogen and oxygen atoms in total. The maximum absolute atomic E-state index is 13.3. The number of likely N-dealkylation sites (N-methyl/N-ethyl adjacent to an activating group) is 1. The van der Waals surface area contributed by atoms with Crippen LogP contribution in [0.25, 0.3) is 11.0 Å². The number of carbonyl (C=O) groups is 2. The van der Waals surface area contributed by atoms with Crippen molar-refractivity contribution in [2.75, 3.05) is 39.8 Å². The lowest BCUT2D eigenvalue weighted by molar-refractivity contribution is -0.138. The smallest absolute Gasteiger partial charge is 0.317 e. The van der Waals surface area contributed by atoms with E-state index < -0.39 is 5.97 Å². The first-order chi connectivity index (χ1) is 11.9. The van der Waals surface area contributed by atoms with Gasteiger partial charge in [-0.3, -0.25) is 14.5 Å². The summed E-state index contributed by atoms with van der Waals surface area (Å²) in [4.78, 5) is 26.6. The van der Waals surface area contributed by atoms with E-state index in [4.69, 9.17) is 14.3 Å². The molecular weight excluding hydrogens is 331 g/mol. The molecule has 1 aliphatic heterocycles. The number of morpholine rings is 1. The fourth-order valence-electron chi connectivity index (χ4n) is 2.93. The van der Waals surface area contributed by atoms with Gasteiger partial charge < -0.3 is 19.2 Å². The first-order valence-electron chi connectivity index (χ1n) is 7.92. The van der Waals surface area contributed by atoms with Gasteiger partial charge in [-0.1, -0.05) is 0 Å². The molecule has 3 rings (SSSR count). The van der Waals surface area contributed by atoms with E-state index in [1.807, 2.05) is 0 Å². The number of halogens is 1. The van der Waals surface area contributed by atoms with Crippen molar-refractivity contribution in [2.24, 2.45) is 0 Å². The van der Waals surface area contributed by atoms with Crippen LogP contribution in [0.3, 0.4) is 0 Å². The Hall–Kier alpha value is -2.45. The normalized spacial score (nSPS) is 18.0. The van der Waals surface area contributed by atoms with Gasteiger partial charge in [0.05, 0.1) is 19.3 Å². The lowest BCUT2D eigenvalue weighted by atomic mass is 10.2. The van der Waals surface area contributed by atoms with Crippen LogP contribution in [0.1, 0.15) is 10.6 Å². The second kappa shape index (κ2) is 7.20. The summed E-state index contributed by atoms with van der Waals surface area (Å²) in [5, 5.41) is 9.34. The topological polar surface area (TPSA) is 83.2 Å². The Morgan fingerprint density at radius 1 is 1.40 bits per heavy atom. The molecule has 2 aromatic rings. The van der Waals surface area contributed by atoms with E-state index >= 15 is 0 Å². The fourth-order valence-corrected chi connectivity index (χ4v) is 2.93. The summed E-state index contributed by atoms with van der Waals surface area (Å²) in [5.41, 5.74) is 0.454. The number of aliphatic carboxylic acids is 1. The lowest BCUT2D eigenvalue weighted by Gasteiger charge is -2.34. The SMILES string of the molecule is CN(CC(=O)O)CC1CN(C(=O)c2cc3cc(F)ccc3o2)CCO1. The molecule has 1 aromatic carbocycles. The highest BCUT2D eigenvalue weighted by molar-refractivity contribution is 5.96. The zero-order valence-corrected chi connectivity index (χ0v) is 13.8. The molecule has 8 heteroatoms. The van der Waals surface area contributed by atoms with Crippen LogP contribution in [0.5, 0.6) is 0 Å². The van der Waals surface area contributed by atoms with Crippen molar-refractivity contribution < 1.29 is 28.2 Å². The summed E-state index contributed by atoms with van der Waals surface area (Å²) >= 11 is 0. The summed E-state index contributed by atoms with van der Waals surface area (Å²) < 4.78 is 24.4. The summed E-state index contributed by atoms with van der Waals surface area (Å²) in [6, 6.07) is 5.62. The molecule has 0 bridgehead atoms. The van der Waals surface area contributed by atoms with Crippen LogP contribution in [0.2, 0.25) is 0 Å². The van der Waals surface area contributed by atoms with Crippen LogP contribution >= 0.6 is 0 Å². The zero-order chi connectivity index (χ0) is 18.0. The van der Waals surface area contributed by atoms with Gasteiger partial charge in [-0.05, 0) is 31.3 Å². The van der Waals surface area contributed by atoms with E-state index in [2.05, 4.69) is 0 Å². The Bertz CT molecular complexity index is 790. The second-order valence-electron chi connectivity index (χ2n) is 6.13. The number of nitrogens with zero attached hydrogens (tertiary/aromatic N) is 2. The maximum atomic E-state index is 13.3. The Balaban J connectivity index is 1.67. The number of carboxylic acids is 1. The number of benzene rings is 1. The summed E-state index contributed by atoms with van der Waals surface area (Å²) in [7, 11) is 1.69. The van der Waals surface area contributed by atoms with Crippen LogP contribution in [0.4, 0.5) is 4.39 Å². The molecule has 1 N–H and O–H groups in total. The van der Waals surface area contributed by atoms with E-state index in [9.17, 15) is 14.0 Å². The number of rotatable bonds is 5. The van der Waals surface area contributed by atoms with E-state index in [0.29, 0.717) is 37.2 Å². The molecule has 1 aromatic heterocycles. The van der Waals surface area contributed by atoms with E-state index in [0.717, 1.165) is 0 Å². The van der Waals surface area contributed by atoms with Crippen molar-refractivity contribution in [1.29, 1.82) is 0 Å². The Kier molecular flexibility index (Phi) is 5.00. The van der Waals surface area contributed by atoms with Crippen LogP contribution in [-0.2, 0) is 9.53 Å².